The highest BCUT2D eigenvalue weighted by Gasteiger charge is 2.17. The number of carbonyl (C=O) groups is 1. The summed E-state index contributed by atoms with van der Waals surface area (Å²) in [5, 5.41) is 23.1. The summed E-state index contributed by atoms with van der Waals surface area (Å²) in [5.74, 6) is -0.0764. The Labute approximate surface area is 398 Å². The maximum Gasteiger partial charge on any atom is 0.220 e. The van der Waals surface area contributed by atoms with Crippen molar-refractivity contribution in [1.29, 1.82) is 0 Å². The summed E-state index contributed by atoms with van der Waals surface area (Å²) >= 11 is 0. The van der Waals surface area contributed by atoms with Crippen LogP contribution >= 0.6 is 0 Å². The minimum absolute atomic E-state index is 0.0764. The predicted molar refractivity (Wildman–Crippen MR) is 285 cm³/mol. The molecule has 4 nitrogen and oxygen atoms in total. The lowest BCUT2D eigenvalue weighted by Crippen LogP contribution is -2.45. The van der Waals surface area contributed by atoms with Gasteiger partial charge in [0.15, 0.2) is 0 Å². The molecule has 0 aromatic rings. The summed E-state index contributed by atoms with van der Waals surface area (Å²) in [6.07, 6.45) is 81.3. The Balaban J connectivity index is 3.56. The van der Waals surface area contributed by atoms with Crippen LogP contribution in [0.4, 0.5) is 0 Å². The summed E-state index contributed by atoms with van der Waals surface area (Å²) in [4.78, 5) is 12.5. The van der Waals surface area contributed by atoms with Gasteiger partial charge in [-0.1, -0.05) is 265 Å². The van der Waals surface area contributed by atoms with Crippen molar-refractivity contribution in [2.24, 2.45) is 0 Å². The number of amides is 1. The second-order valence-electron chi connectivity index (χ2n) is 18.3. The van der Waals surface area contributed by atoms with Crippen LogP contribution in [0.5, 0.6) is 0 Å². The van der Waals surface area contributed by atoms with E-state index in [0.29, 0.717) is 6.42 Å². The van der Waals surface area contributed by atoms with E-state index in [0.717, 1.165) is 70.6 Å². The molecule has 0 bridgehead atoms. The number of hydrogen-bond acceptors (Lipinski definition) is 3. The van der Waals surface area contributed by atoms with Gasteiger partial charge in [-0.15, -0.1) is 0 Å². The predicted octanol–water partition coefficient (Wildman–Crippen LogP) is 18.1. The topological polar surface area (TPSA) is 69.6 Å². The molecule has 0 saturated carbocycles. The lowest BCUT2D eigenvalue weighted by molar-refractivity contribution is -0.123. The molecule has 0 aromatic carbocycles. The second-order valence-corrected chi connectivity index (χ2v) is 18.3. The molecule has 1 amide bonds. The normalized spacial score (nSPS) is 13.6. The van der Waals surface area contributed by atoms with Crippen molar-refractivity contribution >= 4 is 5.91 Å². The summed E-state index contributed by atoms with van der Waals surface area (Å²) in [5.41, 5.74) is 0. The van der Waals surface area contributed by atoms with E-state index >= 15 is 0 Å². The molecule has 0 fully saturated rings. The smallest absolute Gasteiger partial charge is 0.220 e. The minimum Gasteiger partial charge on any atom is -0.394 e. The van der Waals surface area contributed by atoms with Gasteiger partial charge < -0.3 is 15.5 Å². The molecule has 3 N–H and O–H groups in total. The Hall–Kier alpha value is -2.69. The van der Waals surface area contributed by atoms with E-state index in [4.69, 9.17) is 0 Å². The van der Waals surface area contributed by atoms with Crippen molar-refractivity contribution in [1.82, 2.24) is 5.32 Å². The third-order valence-electron chi connectivity index (χ3n) is 12.1. The first-order valence-electron chi connectivity index (χ1n) is 27.5. The quantitative estimate of drug-likeness (QED) is 0.0421. The van der Waals surface area contributed by atoms with Crippen LogP contribution < -0.4 is 5.32 Å². The van der Waals surface area contributed by atoms with E-state index in [-0.39, 0.29) is 12.5 Å². The summed E-state index contributed by atoms with van der Waals surface area (Å²) in [6.45, 7) is 4.19. The molecule has 2 unspecified atom stereocenters. The molecule has 0 aliphatic heterocycles. The Kier molecular flexibility index (Phi) is 52.3. The van der Waals surface area contributed by atoms with E-state index < -0.39 is 12.1 Å². The van der Waals surface area contributed by atoms with Crippen molar-refractivity contribution in [3.8, 4) is 0 Å². The van der Waals surface area contributed by atoms with Crippen LogP contribution in [-0.4, -0.2) is 34.9 Å². The molecule has 2 atom stereocenters. The summed E-state index contributed by atoms with van der Waals surface area (Å²) in [6, 6.07) is -0.645. The van der Waals surface area contributed by atoms with Gasteiger partial charge >= 0.3 is 0 Å². The minimum atomic E-state index is -0.867. The first-order valence-corrected chi connectivity index (χ1v) is 27.5. The molecule has 0 heterocycles. The van der Waals surface area contributed by atoms with Crippen LogP contribution in [0, 0.1) is 0 Å². The van der Waals surface area contributed by atoms with Gasteiger partial charge in [0.25, 0.3) is 0 Å². The van der Waals surface area contributed by atoms with Gasteiger partial charge in [0.05, 0.1) is 18.8 Å². The average Bonchev–Trinajstić information content (AvgIpc) is 3.30. The number of hydrogen-bond donors (Lipinski definition) is 3. The van der Waals surface area contributed by atoms with Crippen molar-refractivity contribution in [2.75, 3.05) is 6.61 Å². The van der Waals surface area contributed by atoms with Gasteiger partial charge in [-0.3, -0.25) is 4.79 Å². The Morgan fingerprint density at radius 2 is 0.703 bits per heavy atom. The van der Waals surface area contributed by atoms with Crippen LogP contribution in [0.1, 0.15) is 258 Å². The van der Waals surface area contributed by atoms with E-state index in [9.17, 15) is 15.0 Å². The molecule has 0 rings (SSSR count). The van der Waals surface area contributed by atoms with E-state index in [2.05, 4.69) is 104 Å². The molecule has 368 valence electrons. The number of carbonyl (C=O) groups excluding carboxylic acids is 1. The lowest BCUT2D eigenvalue weighted by atomic mass is 10.0. The highest BCUT2D eigenvalue weighted by atomic mass is 16.3. The summed E-state index contributed by atoms with van der Waals surface area (Å²) in [7, 11) is 0. The van der Waals surface area contributed by atoms with Crippen LogP contribution in [0.3, 0.4) is 0 Å². The zero-order chi connectivity index (χ0) is 46.3. The largest absolute Gasteiger partial charge is 0.394 e. The van der Waals surface area contributed by atoms with Crippen molar-refractivity contribution in [2.45, 2.75) is 270 Å². The Morgan fingerprint density at radius 1 is 0.391 bits per heavy atom. The fourth-order valence-corrected chi connectivity index (χ4v) is 7.90. The molecule has 4 heteroatoms. The maximum absolute atomic E-state index is 12.5. The molecular weight excluding hydrogens is 783 g/mol. The number of nitrogens with one attached hydrogen (secondary N) is 1. The molecule has 0 spiro atoms. The molecule has 0 aliphatic rings. The number of rotatable bonds is 49. The third-order valence-corrected chi connectivity index (χ3v) is 12.1. The van der Waals surface area contributed by atoms with E-state index in [1.807, 2.05) is 6.08 Å². The molecule has 0 saturated heterocycles. The van der Waals surface area contributed by atoms with Crippen molar-refractivity contribution in [3.63, 3.8) is 0 Å². The van der Waals surface area contributed by atoms with Crippen LogP contribution in [0.2, 0.25) is 0 Å². The molecule has 0 radical (unpaired) electrons. The van der Waals surface area contributed by atoms with Gasteiger partial charge in [0.1, 0.15) is 0 Å². The van der Waals surface area contributed by atoms with E-state index in [1.54, 1.807) is 6.08 Å². The molecule has 64 heavy (non-hydrogen) atoms. The molecular formula is C60H105NO3. The average molecular weight is 889 g/mol. The second kappa shape index (κ2) is 54.6. The fourth-order valence-electron chi connectivity index (χ4n) is 7.90. The van der Waals surface area contributed by atoms with E-state index in [1.165, 1.54) is 167 Å². The van der Waals surface area contributed by atoms with Crippen molar-refractivity contribution in [3.05, 3.63) is 97.2 Å². The third kappa shape index (κ3) is 50.3. The van der Waals surface area contributed by atoms with Gasteiger partial charge in [-0.25, -0.2) is 0 Å². The molecule has 0 aliphatic carbocycles. The zero-order valence-electron chi connectivity index (χ0n) is 42.3. The fraction of sp³-hybridized carbons (Fsp3) is 0.717. The van der Waals surface area contributed by atoms with Crippen LogP contribution in [0.15, 0.2) is 97.2 Å². The van der Waals surface area contributed by atoms with Gasteiger partial charge in [-0.05, 0) is 83.5 Å². The number of aliphatic hydroxyl groups excluding tert-OH is 2. The highest BCUT2D eigenvalue weighted by molar-refractivity contribution is 5.76. The number of aliphatic hydroxyl groups is 2. The molecule has 0 aromatic heterocycles. The maximum atomic E-state index is 12.5. The zero-order valence-corrected chi connectivity index (χ0v) is 42.3. The van der Waals surface area contributed by atoms with Crippen LogP contribution in [-0.2, 0) is 4.79 Å². The standard InChI is InChI=1S/C60H105NO3/c1-3-5-7-9-11-13-15-17-19-21-23-24-25-26-27-28-29-30-31-32-33-34-35-36-38-40-42-44-46-48-50-52-54-56-60(64)61-58(57-62)59(63)55-53-51-49-47-45-43-41-39-37-22-20-18-16-14-12-10-8-6-4-2/h5,7,11,13,17,19,23-24,26-27,29-30,45,47,53,55,58-59,62-63H,3-4,6,8-10,12,14-16,18,20-22,25,28,31-44,46,48-52,54,56-57H2,1-2H3,(H,61,64)/b7-5-,13-11-,19-17-,24-23-,27-26-,30-29-,47-45+,55-53+. The van der Waals surface area contributed by atoms with Crippen molar-refractivity contribution < 1.29 is 15.0 Å². The van der Waals surface area contributed by atoms with Gasteiger partial charge in [0.2, 0.25) is 5.91 Å². The monoisotopic (exact) mass is 888 g/mol. The number of allylic oxidation sites excluding steroid dienone is 15. The number of unbranched alkanes of at least 4 members (excludes halogenated alkanes) is 28. The van der Waals surface area contributed by atoms with Gasteiger partial charge in [0, 0.05) is 6.42 Å². The lowest BCUT2D eigenvalue weighted by Gasteiger charge is -2.19. The first-order chi connectivity index (χ1) is 31.7. The Bertz CT molecular complexity index is 1190. The highest BCUT2D eigenvalue weighted by Crippen LogP contribution is 2.15. The SMILES string of the molecule is CC/C=C\C/C=C\C/C=C\C/C=C\C/C=C\C/C=C\CCCCCCCCCCCCCCCCC(=O)NC(CO)C(O)/C=C/CC/C=C/CCCCCCCCCCCCCCC. The summed E-state index contributed by atoms with van der Waals surface area (Å²) < 4.78 is 0. The first kappa shape index (κ1) is 61.3. The Morgan fingerprint density at radius 3 is 1.09 bits per heavy atom. The van der Waals surface area contributed by atoms with Crippen LogP contribution in [0.25, 0.3) is 0 Å². The van der Waals surface area contributed by atoms with Gasteiger partial charge in [-0.2, -0.15) is 0 Å².